The first kappa shape index (κ1) is 11.9. The maximum absolute atomic E-state index is 12.8. The van der Waals surface area contributed by atoms with E-state index in [9.17, 15) is 9.18 Å². The van der Waals surface area contributed by atoms with Crippen LogP contribution in [0.1, 0.15) is 25.8 Å². The zero-order valence-corrected chi connectivity index (χ0v) is 10.0. The third kappa shape index (κ3) is 2.40. The molecule has 0 unspecified atom stereocenters. The summed E-state index contributed by atoms with van der Waals surface area (Å²) in [5.41, 5.74) is 0.909. The van der Waals surface area contributed by atoms with Gasteiger partial charge in [0.1, 0.15) is 11.9 Å². The molecule has 0 N–H and O–H groups in total. The molecule has 1 aliphatic rings. The first-order chi connectivity index (χ1) is 8.11. The van der Waals surface area contributed by atoms with Gasteiger partial charge in [0.25, 0.3) is 0 Å². The Hall–Kier alpha value is -1.58. The van der Waals surface area contributed by atoms with Gasteiger partial charge in [0, 0.05) is 6.54 Å². The van der Waals surface area contributed by atoms with Crippen molar-refractivity contribution in [2.24, 2.45) is 0 Å². The molecule has 0 saturated carbocycles. The summed E-state index contributed by atoms with van der Waals surface area (Å²) in [5, 5.41) is 0. The van der Waals surface area contributed by atoms with Gasteiger partial charge in [-0.1, -0.05) is 19.1 Å². The topological polar surface area (TPSA) is 29.5 Å². The molecule has 1 aromatic carbocycles. The molecule has 0 radical (unpaired) electrons. The van der Waals surface area contributed by atoms with Gasteiger partial charge in [-0.05, 0) is 31.0 Å². The molecule has 0 aromatic heterocycles. The van der Waals surface area contributed by atoms with Crippen LogP contribution in [0, 0.1) is 5.82 Å². The highest BCUT2D eigenvalue weighted by molar-refractivity contribution is 5.70. The molecule has 2 rings (SSSR count). The summed E-state index contributed by atoms with van der Waals surface area (Å²) < 4.78 is 18.0. The van der Waals surface area contributed by atoms with Crippen LogP contribution < -0.4 is 0 Å². The van der Waals surface area contributed by atoms with Crippen molar-refractivity contribution >= 4 is 6.09 Å². The highest BCUT2D eigenvalue weighted by atomic mass is 19.1. The Bertz CT molecular complexity index is 404. The molecule has 0 bridgehead atoms. The van der Waals surface area contributed by atoms with Crippen LogP contribution in [0.4, 0.5) is 9.18 Å². The first-order valence-corrected chi connectivity index (χ1v) is 5.83. The van der Waals surface area contributed by atoms with Crippen molar-refractivity contribution in [3.8, 4) is 0 Å². The fourth-order valence-corrected chi connectivity index (χ4v) is 2.08. The zero-order valence-electron chi connectivity index (χ0n) is 10.0. The molecular formula is C13H16FNO2. The van der Waals surface area contributed by atoms with Crippen molar-refractivity contribution in [3.63, 3.8) is 0 Å². The van der Waals surface area contributed by atoms with E-state index in [-0.39, 0.29) is 24.1 Å². The van der Waals surface area contributed by atoms with Crippen LogP contribution in [-0.4, -0.2) is 23.1 Å². The molecule has 4 heteroatoms. The summed E-state index contributed by atoms with van der Waals surface area (Å²) in [5.74, 6) is -0.266. The molecule has 2 atom stereocenters. The minimum absolute atomic E-state index is 0.0389. The van der Waals surface area contributed by atoms with Crippen LogP contribution >= 0.6 is 0 Å². The Kier molecular flexibility index (Phi) is 3.31. The van der Waals surface area contributed by atoms with Gasteiger partial charge in [-0.3, -0.25) is 4.90 Å². The SMILES string of the molecule is CC[C@H]1OC(=O)N(Cc2ccc(F)cc2)[C@@H]1C. The lowest BCUT2D eigenvalue weighted by molar-refractivity contribution is 0.128. The monoisotopic (exact) mass is 237 g/mol. The average Bonchev–Trinajstić information content (AvgIpc) is 2.59. The molecule has 1 saturated heterocycles. The minimum atomic E-state index is -0.284. The standard InChI is InChI=1S/C13H16FNO2/c1-3-12-9(2)15(13(16)17-12)8-10-4-6-11(14)7-5-10/h4-7,9,12H,3,8H2,1-2H3/t9-,12-/m1/s1. The third-order valence-electron chi connectivity index (χ3n) is 3.18. The largest absolute Gasteiger partial charge is 0.444 e. The Morgan fingerprint density at radius 1 is 1.35 bits per heavy atom. The van der Waals surface area contributed by atoms with Crippen molar-refractivity contribution in [1.82, 2.24) is 4.90 Å². The van der Waals surface area contributed by atoms with Crippen LogP contribution in [0.2, 0.25) is 0 Å². The molecule has 17 heavy (non-hydrogen) atoms. The van der Waals surface area contributed by atoms with E-state index in [2.05, 4.69) is 0 Å². The van der Waals surface area contributed by atoms with E-state index < -0.39 is 0 Å². The fourth-order valence-electron chi connectivity index (χ4n) is 2.08. The summed E-state index contributed by atoms with van der Waals surface area (Å²) in [6.07, 6.45) is 0.490. The summed E-state index contributed by atoms with van der Waals surface area (Å²) in [7, 11) is 0. The maximum atomic E-state index is 12.8. The lowest BCUT2D eigenvalue weighted by atomic mass is 10.1. The number of ether oxygens (including phenoxy) is 1. The van der Waals surface area contributed by atoms with Gasteiger partial charge in [-0.15, -0.1) is 0 Å². The number of carbonyl (C=O) groups excluding carboxylic acids is 1. The number of rotatable bonds is 3. The summed E-state index contributed by atoms with van der Waals surface area (Å²) in [4.78, 5) is 13.3. The molecule has 1 fully saturated rings. The quantitative estimate of drug-likeness (QED) is 0.808. The predicted molar refractivity (Wildman–Crippen MR) is 62.0 cm³/mol. The summed E-state index contributed by atoms with van der Waals surface area (Å²) >= 11 is 0. The Morgan fingerprint density at radius 2 is 2.00 bits per heavy atom. The van der Waals surface area contributed by atoms with Crippen LogP contribution in [0.25, 0.3) is 0 Å². The summed E-state index contributed by atoms with van der Waals surface area (Å²) in [6, 6.07) is 6.25. The van der Waals surface area contributed by atoms with Crippen molar-refractivity contribution < 1.29 is 13.9 Å². The second-order valence-electron chi connectivity index (χ2n) is 4.33. The van der Waals surface area contributed by atoms with E-state index >= 15 is 0 Å². The smallest absolute Gasteiger partial charge is 0.410 e. The van der Waals surface area contributed by atoms with Crippen LogP contribution in [0.15, 0.2) is 24.3 Å². The number of hydrogen-bond acceptors (Lipinski definition) is 2. The number of amides is 1. The van der Waals surface area contributed by atoms with Crippen LogP contribution in [0.5, 0.6) is 0 Å². The van der Waals surface area contributed by atoms with Crippen molar-refractivity contribution in [3.05, 3.63) is 35.6 Å². The van der Waals surface area contributed by atoms with E-state index in [4.69, 9.17) is 4.74 Å². The maximum Gasteiger partial charge on any atom is 0.410 e. The second kappa shape index (κ2) is 4.73. The van der Waals surface area contributed by atoms with Gasteiger partial charge in [-0.25, -0.2) is 9.18 Å². The Morgan fingerprint density at radius 3 is 2.53 bits per heavy atom. The Balaban J connectivity index is 2.08. The van der Waals surface area contributed by atoms with Gasteiger partial charge in [0.2, 0.25) is 0 Å². The number of halogens is 1. The van der Waals surface area contributed by atoms with E-state index in [1.165, 1.54) is 12.1 Å². The van der Waals surface area contributed by atoms with E-state index in [0.29, 0.717) is 6.54 Å². The lowest BCUT2D eigenvalue weighted by Gasteiger charge is -2.20. The van der Waals surface area contributed by atoms with Gasteiger partial charge in [0.15, 0.2) is 0 Å². The second-order valence-corrected chi connectivity index (χ2v) is 4.33. The highest BCUT2D eigenvalue weighted by Gasteiger charge is 2.37. The molecule has 3 nitrogen and oxygen atoms in total. The van der Waals surface area contributed by atoms with Gasteiger partial charge in [-0.2, -0.15) is 0 Å². The van der Waals surface area contributed by atoms with Gasteiger partial charge >= 0.3 is 6.09 Å². The van der Waals surface area contributed by atoms with Gasteiger partial charge < -0.3 is 4.74 Å². The molecular weight excluding hydrogens is 221 g/mol. The predicted octanol–water partition coefficient (Wildman–Crippen LogP) is 2.95. The molecule has 92 valence electrons. The molecule has 1 aromatic rings. The molecule has 1 amide bonds. The van der Waals surface area contributed by atoms with E-state index in [0.717, 1.165) is 12.0 Å². The van der Waals surface area contributed by atoms with E-state index in [1.807, 2.05) is 13.8 Å². The first-order valence-electron chi connectivity index (χ1n) is 5.83. The molecule has 1 aliphatic heterocycles. The van der Waals surface area contributed by atoms with Crippen molar-refractivity contribution in [2.75, 3.05) is 0 Å². The molecule has 0 spiro atoms. The fraction of sp³-hybridized carbons (Fsp3) is 0.462. The minimum Gasteiger partial charge on any atom is -0.444 e. The molecule has 0 aliphatic carbocycles. The molecule has 1 heterocycles. The number of carbonyl (C=O) groups is 1. The third-order valence-corrected chi connectivity index (χ3v) is 3.18. The van der Waals surface area contributed by atoms with Crippen molar-refractivity contribution in [2.45, 2.75) is 39.0 Å². The highest BCUT2D eigenvalue weighted by Crippen LogP contribution is 2.23. The number of cyclic esters (lactones) is 1. The van der Waals surface area contributed by atoms with Crippen LogP contribution in [-0.2, 0) is 11.3 Å². The van der Waals surface area contributed by atoms with E-state index in [1.54, 1.807) is 17.0 Å². The average molecular weight is 237 g/mol. The normalized spacial score (nSPS) is 23.9. The van der Waals surface area contributed by atoms with Crippen LogP contribution in [0.3, 0.4) is 0 Å². The lowest BCUT2D eigenvalue weighted by Crippen LogP contribution is -2.33. The number of nitrogens with zero attached hydrogens (tertiary/aromatic N) is 1. The number of hydrogen-bond donors (Lipinski definition) is 0. The zero-order chi connectivity index (χ0) is 12.4. The summed E-state index contributed by atoms with van der Waals surface area (Å²) in [6.45, 7) is 4.44. The Labute approximate surface area is 100 Å². The van der Waals surface area contributed by atoms with Crippen molar-refractivity contribution in [1.29, 1.82) is 0 Å². The number of benzene rings is 1. The van der Waals surface area contributed by atoms with Gasteiger partial charge in [0.05, 0.1) is 6.04 Å².